The third kappa shape index (κ3) is 4.90. The van der Waals surface area contributed by atoms with Crippen LogP contribution in [0.25, 0.3) is 0 Å². The monoisotopic (exact) mass is 319 g/mol. The Kier molecular flexibility index (Phi) is 6.49. The molecular formula is C15H21N5OS. The van der Waals surface area contributed by atoms with Gasteiger partial charge in [0.1, 0.15) is 11.9 Å². The number of nitrogens with two attached hydrogens (primary N) is 1. The van der Waals surface area contributed by atoms with Crippen LogP contribution in [0, 0.1) is 11.3 Å². The maximum absolute atomic E-state index is 12.0. The molecule has 1 fully saturated rings. The molecule has 1 aliphatic rings. The molecule has 3 N–H and O–H groups in total. The summed E-state index contributed by atoms with van der Waals surface area (Å²) in [6.07, 6.45) is 4.09. The third-order valence-electron chi connectivity index (χ3n) is 3.52. The maximum Gasteiger partial charge on any atom is 0.240 e. The van der Waals surface area contributed by atoms with Crippen LogP contribution in [-0.4, -0.2) is 46.6 Å². The van der Waals surface area contributed by atoms with E-state index in [1.54, 1.807) is 30.1 Å². The third-order valence-corrected chi connectivity index (χ3v) is 4.49. The van der Waals surface area contributed by atoms with E-state index in [1.807, 2.05) is 11.0 Å². The first kappa shape index (κ1) is 16.6. The molecule has 1 atom stereocenters. The van der Waals surface area contributed by atoms with E-state index in [-0.39, 0.29) is 11.9 Å². The van der Waals surface area contributed by atoms with Gasteiger partial charge in [0.2, 0.25) is 5.91 Å². The Morgan fingerprint density at radius 3 is 3.05 bits per heavy atom. The molecule has 22 heavy (non-hydrogen) atoms. The number of carbonyl (C=O) groups excluding carboxylic acids is 1. The molecule has 0 bridgehead atoms. The summed E-state index contributed by atoms with van der Waals surface area (Å²) in [6, 6.07) is 5.18. The first-order chi connectivity index (χ1) is 10.7. The Labute approximate surface area is 135 Å². The molecule has 6 nitrogen and oxygen atoms in total. The zero-order valence-corrected chi connectivity index (χ0v) is 13.3. The van der Waals surface area contributed by atoms with Crippen molar-refractivity contribution in [3.63, 3.8) is 0 Å². The molecule has 0 aliphatic carbocycles. The quantitative estimate of drug-likeness (QED) is 0.738. The number of carbonyl (C=O) groups is 1. The predicted octanol–water partition coefficient (Wildman–Crippen LogP) is 1.40. The van der Waals surface area contributed by atoms with Gasteiger partial charge in [-0.25, -0.2) is 4.98 Å². The molecule has 0 radical (unpaired) electrons. The highest BCUT2D eigenvalue weighted by Gasteiger charge is 2.23. The number of nitrogens with zero attached hydrogens (tertiary/aromatic N) is 3. The highest BCUT2D eigenvalue weighted by Crippen LogP contribution is 2.15. The Morgan fingerprint density at radius 2 is 2.41 bits per heavy atom. The summed E-state index contributed by atoms with van der Waals surface area (Å²) in [5.74, 6) is 2.62. The van der Waals surface area contributed by atoms with Gasteiger partial charge in [0, 0.05) is 25.0 Å². The van der Waals surface area contributed by atoms with Crippen molar-refractivity contribution in [3.8, 4) is 6.07 Å². The second-order valence-corrected chi connectivity index (χ2v) is 6.29. The zero-order valence-electron chi connectivity index (χ0n) is 12.5. The number of anilines is 1. The molecule has 0 aromatic carbocycles. The van der Waals surface area contributed by atoms with E-state index >= 15 is 0 Å². The molecule has 1 saturated heterocycles. The summed E-state index contributed by atoms with van der Waals surface area (Å²) in [5, 5.41) is 11.9. The summed E-state index contributed by atoms with van der Waals surface area (Å²) < 4.78 is 0. The summed E-state index contributed by atoms with van der Waals surface area (Å²) in [6.45, 7) is 1.60. The minimum absolute atomic E-state index is 0.0757. The smallest absolute Gasteiger partial charge is 0.240 e. The number of hydrogen-bond donors (Lipinski definition) is 2. The van der Waals surface area contributed by atoms with Crippen molar-refractivity contribution in [2.75, 3.05) is 30.0 Å². The largest absolute Gasteiger partial charge is 0.370 e. The van der Waals surface area contributed by atoms with Crippen LogP contribution < -0.4 is 11.1 Å². The lowest BCUT2D eigenvalue weighted by Gasteiger charge is -2.19. The van der Waals surface area contributed by atoms with Gasteiger partial charge in [-0.15, -0.1) is 11.8 Å². The van der Waals surface area contributed by atoms with E-state index in [0.717, 1.165) is 43.4 Å². The van der Waals surface area contributed by atoms with E-state index in [0.29, 0.717) is 12.0 Å². The van der Waals surface area contributed by atoms with Crippen molar-refractivity contribution in [2.45, 2.75) is 25.3 Å². The van der Waals surface area contributed by atoms with Crippen molar-refractivity contribution in [1.29, 1.82) is 5.26 Å². The minimum atomic E-state index is -0.383. The molecule has 1 aromatic heterocycles. The van der Waals surface area contributed by atoms with Crippen LogP contribution in [0.5, 0.6) is 0 Å². The number of amides is 1. The molecule has 1 aromatic rings. The van der Waals surface area contributed by atoms with E-state index in [9.17, 15) is 4.79 Å². The topological polar surface area (TPSA) is 95.0 Å². The molecule has 2 rings (SSSR count). The molecule has 1 amide bonds. The molecule has 1 aliphatic heterocycles. The first-order valence-electron chi connectivity index (χ1n) is 7.43. The number of aromatic nitrogens is 1. The predicted molar refractivity (Wildman–Crippen MR) is 88.3 cm³/mol. The first-order valence-corrected chi connectivity index (χ1v) is 8.58. The number of unbranched alkanes of at least 4 members (excludes halogenated alkanes) is 1. The van der Waals surface area contributed by atoms with Gasteiger partial charge in [0.25, 0.3) is 0 Å². The summed E-state index contributed by atoms with van der Waals surface area (Å²) in [4.78, 5) is 18.0. The van der Waals surface area contributed by atoms with Crippen molar-refractivity contribution < 1.29 is 4.79 Å². The fourth-order valence-corrected chi connectivity index (χ4v) is 3.17. The van der Waals surface area contributed by atoms with Gasteiger partial charge in [0.15, 0.2) is 0 Å². The number of nitrogens with one attached hydrogen (secondary N) is 1. The SMILES string of the molecule is N#Cc1ccc(NCCCCC(N)C(=O)N2CCSC2)nc1. The van der Waals surface area contributed by atoms with E-state index in [2.05, 4.69) is 10.3 Å². The number of hydrogen-bond acceptors (Lipinski definition) is 6. The van der Waals surface area contributed by atoms with Gasteiger partial charge in [-0.05, 0) is 31.4 Å². The zero-order chi connectivity index (χ0) is 15.8. The van der Waals surface area contributed by atoms with Crippen molar-refractivity contribution in [3.05, 3.63) is 23.9 Å². The van der Waals surface area contributed by atoms with Gasteiger partial charge >= 0.3 is 0 Å². The Bertz CT molecular complexity index is 522. The molecule has 118 valence electrons. The molecule has 1 unspecified atom stereocenters. The van der Waals surface area contributed by atoms with Gasteiger partial charge in [-0.1, -0.05) is 0 Å². The van der Waals surface area contributed by atoms with Crippen molar-refractivity contribution in [1.82, 2.24) is 9.88 Å². The number of nitriles is 1. The second-order valence-electron chi connectivity index (χ2n) is 5.21. The average Bonchev–Trinajstić information content (AvgIpc) is 3.08. The number of thioether (sulfide) groups is 1. The normalized spacial score (nSPS) is 15.4. The van der Waals surface area contributed by atoms with Crippen molar-refractivity contribution in [2.24, 2.45) is 5.73 Å². The van der Waals surface area contributed by atoms with Crippen LogP contribution >= 0.6 is 11.8 Å². The minimum Gasteiger partial charge on any atom is -0.370 e. The Hall–Kier alpha value is -1.78. The summed E-state index contributed by atoms with van der Waals surface area (Å²) >= 11 is 1.77. The van der Waals surface area contributed by atoms with E-state index < -0.39 is 0 Å². The highest BCUT2D eigenvalue weighted by atomic mass is 32.2. The van der Waals surface area contributed by atoms with Gasteiger partial charge in [0.05, 0.1) is 17.5 Å². The maximum atomic E-state index is 12.0. The summed E-state index contributed by atoms with van der Waals surface area (Å²) in [7, 11) is 0. The highest BCUT2D eigenvalue weighted by molar-refractivity contribution is 7.99. The molecule has 0 spiro atoms. The van der Waals surface area contributed by atoms with Crippen LogP contribution in [0.2, 0.25) is 0 Å². The lowest BCUT2D eigenvalue weighted by atomic mass is 10.1. The van der Waals surface area contributed by atoms with Crippen molar-refractivity contribution >= 4 is 23.5 Å². The fraction of sp³-hybridized carbons (Fsp3) is 0.533. The van der Waals surface area contributed by atoms with Gasteiger partial charge < -0.3 is 16.0 Å². The fourth-order valence-electron chi connectivity index (χ4n) is 2.22. The number of pyridine rings is 1. The van der Waals surface area contributed by atoms with Crippen LogP contribution in [0.3, 0.4) is 0 Å². The van der Waals surface area contributed by atoms with Crippen LogP contribution in [0.4, 0.5) is 5.82 Å². The summed E-state index contributed by atoms with van der Waals surface area (Å²) in [5.41, 5.74) is 6.51. The second kappa shape index (κ2) is 8.61. The molecule has 2 heterocycles. The lowest BCUT2D eigenvalue weighted by Crippen LogP contribution is -2.42. The Morgan fingerprint density at radius 1 is 1.55 bits per heavy atom. The molecule has 7 heteroatoms. The van der Waals surface area contributed by atoms with Crippen LogP contribution in [0.1, 0.15) is 24.8 Å². The average molecular weight is 319 g/mol. The number of rotatable bonds is 7. The Balaban J connectivity index is 1.60. The lowest BCUT2D eigenvalue weighted by molar-refractivity contribution is -0.131. The molecule has 0 saturated carbocycles. The van der Waals surface area contributed by atoms with Crippen LogP contribution in [-0.2, 0) is 4.79 Å². The van der Waals surface area contributed by atoms with E-state index in [4.69, 9.17) is 11.0 Å². The van der Waals surface area contributed by atoms with Gasteiger partial charge in [-0.2, -0.15) is 5.26 Å². The van der Waals surface area contributed by atoms with E-state index in [1.165, 1.54) is 0 Å². The van der Waals surface area contributed by atoms with Gasteiger partial charge in [-0.3, -0.25) is 4.79 Å². The van der Waals surface area contributed by atoms with Crippen LogP contribution in [0.15, 0.2) is 18.3 Å². The molecular weight excluding hydrogens is 298 g/mol. The standard InChI is InChI=1S/C15H21N5OS/c16-9-12-4-5-14(19-10-12)18-6-2-1-3-13(17)15(21)20-7-8-22-11-20/h4-5,10,13H,1-3,6-8,11,17H2,(H,18,19).